The maximum Gasteiger partial charge on any atom is 0.185 e. The summed E-state index contributed by atoms with van der Waals surface area (Å²) in [6.45, 7) is 0. The van der Waals surface area contributed by atoms with Crippen molar-refractivity contribution in [3.05, 3.63) is 113 Å². The lowest BCUT2D eigenvalue weighted by Gasteiger charge is -2.34. The Morgan fingerprint density at radius 2 is 1.64 bits per heavy atom. The molecule has 2 heterocycles. The van der Waals surface area contributed by atoms with Crippen LogP contribution in [0.15, 0.2) is 79.0 Å². The van der Waals surface area contributed by atoms with Crippen LogP contribution in [0.25, 0.3) is 6.08 Å². The summed E-state index contributed by atoms with van der Waals surface area (Å²) in [5, 5.41) is 20.8. The van der Waals surface area contributed by atoms with E-state index in [-0.39, 0.29) is 11.3 Å². The molecule has 5 rings (SSSR count). The second kappa shape index (κ2) is 7.69. The van der Waals surface area contributed by atoms with Gasteiger partial charge in [-0.15, -0.1) is 0 Å². The fourth-order valence-corrected chi connectivity index (χ4v) is 5.15. The van der Waals surface area contributed by atoms with Crippen molar-refractivity contribution in [2.75, 3.05) is 0 Å². The topological polar surface area (TPSA) is 67.9 Å². The van der Waals surface area contributed by atoms with Crippen LogP contribution >= 0.6 is 0 Å². The third-order valence-corrected chi connectivity index (χ3v) is 6.55. The van der Waals surface area contributed by atoms with Gasteiger partial charge in [0.15, 0.2) is 11.2 Å². The lowest BCUT2D eigenvalue weighted by molar-refractivity contribution is 0.0874. The first kappa shape index (κ1) is 20.6. The Bertz CT molecular complexity index is 1350. The first-order valence-corrected chi connectivity index (χ1v) is 10.4. The van der Waals surface area contributed by atoms with E-state index in [1.807, 2.05) is 30.3 Å². The molecule has 160 valence electrons. The van der Waals surface area contributed by atoms with Crippen molar-refractivity contribution in [2.45, 2.75) is 18.0 Å². The van der Waals surface area contributed by atoms with Gasteiger partial charge in [0.05, 0.1) is 18.2 Å². The first-order chi connectivity index (χ1) is 16.0. The van der Waals surface area contributed by atoms with E-state index >= 15 is 0 Å². The van der Waals surface area contributed by atoms with Crippen LogP contribution in [-0.2, 0) is 0 Å². The zero-order valence-electron chi connectivity index (χ0n) is 17.3. The van der Waals surface area contributed by atoms with E-state index in [0.717, 1.165) is 11.1 Å². The number of halogens is 2. The molecule has 0 aliphatic carbocycles. The number of nitriles is 2. The number of carbonyl (C=O) groups is 1. The second-order valence-corrected chi connectivity index (χ2v) is 8.24. The molecule has 3 atom stereocenters. The Hall–Kier alpha value is -4.29. The van der Waals surface area contributed by atoms with Gasteiger partial charge in [-0.2, -0.15) is 10.5 Å². The highest BCUT2D eigenvalue weighted by Crippen LogP contribution is 2.60. The molecule has 0 N–H and O–H groups in total. The summed E-state index contributed by atoms with van der Waals surface area (Å²) in [5.74, 6) is -2.31. The number of Topliss-reactive ketones (excluding diaryl/α,β-unsaturated/α-hetero) is 1. The van der Waals surface area contributed by atoms with Crippen molar-refractivity contribution in [2.24, 2.45) is 5.41 Å². The van der Waals surface area contributed by atoms with Gasteiger partial charge in [-0.1, -0.05) is 36.4 Å². The molecule has 0 unspecified atom stereocenters. The molecule has 6 heteroatoms. The molecule has 3 aromatic carbocycles. The van der Waals surface area contributed by atoms with Crippen LogP contribution < -0.4 is 0 Å². The molecule has 1 fully saturated rings. The van der Waals surface area contributed by atoms with Gasteiger partial charge in [0.1, 0.15) is 17.7 Å². The van der Waals surface area contributed by atoms with Gasteiger partial charge in [0, 0.05) is 17.7 Å². The van der Waals surface area contributed by atoms with Gasteiger partial charge < -0.3 is 4.90 Å². The van der Waals surface area contributed by atoms with Gasteiger partial charge in [0.25, 0.3) is 0 Å². The summed E-state index contributed by atoms with van der Waals surface area (Å²) in [6.07, 6.45) is 3.56. The Kier molecular flexibility index (Phi) is 4.80. The van der Waals surface area contributed by atoms with Gasteiger partial charge in [-0.3, -0.25) is 4.79 Å². The molecule has 3 aromatic rings. The molecule has 4 nitrogen and oxygen atoms in total. The van der Waals surface area contributed by atoms with Crippen LogP contribution in [0.2, 0.25) is 0 Å². The molecule has 0 amide bonds. The molecular formula is C27H17F2N3O. The molecule has 0 radical (unpaired) electrons. The molecule has 0 saturated carbocycles. The average Bonchev–Trinajstić information content (AvgIpc) is 3.15. The smallest absolute Gasteiger partial charge is 0.185 e. The van der Waals surface area contributed by atoms with Gasteiger partial charge in [-0.25, -0.2) is 8.78 Å². The number of ketones is 1. The minimum absolute atomic E-state index is 0.250. The highest BCUT2D eigenvalue weighted by atomic mass is 19.1. The van der Waals surface area contributed by atoms with Crippen molar-refractivity contribution in [3.8, 4) is 12.1 Å². The maximum atomic E-state index is 14.3. The summed E-state index contributed by atoms with van der Waals surface area (Å²) in [6, 6.07) is 21.0. The van der Waals surface area contributed by atoms with Gasteiger partial charge in [-0.05, 0) is 59.2 Å². The van der Waals surface area contributed by atoms with Crippen LogP contribution in [0.5, 0.6) is 0 Å². The summed E-state index contributed by atoms with van der Waals surface area (Å²) in [7, 11) is 0. The second-order valence-electron chi connectivity index (χ2n) is 8.24. The number of nitrogens with zero attached hydrogens (tertiary/aromatic N) is 3. The van der Waals surface area contributed by atoms with Gasteiger partial charge >= 0.3 is 0 Å². The van der Waals surface area contributed by atoms with Crippen LogP contribution in [0.3, 0.4) is 0 Å². The predicted octanol–water partition coefficient (Wildman–Crippen LogP) is 5.37. The number of carbonyl (C=O) groups excluding carboxylic acids is 1. The van der Waals surface area contributed by atoms with Crippen LogP contribution in [-0.4, -0.2) is 16.7 Å². The van der Waals surface area contributed by atoms with Crippen molar-refractivity contribution >= 4 is 11.9 Å². The third-order valence-electron chi connectivity index (χ3n) is 6.55. The largest absolute Gasteiger partial charge is 0.357 e. The Morgan fingerprint density at radius 1 is 0.909 bits per heavy atom. The minimum Gasteiger partial charge on any atom is -0.357 e. The lowest BCUT2D eigenvalue weighted by atomic mass is 9.67. The summed E-state index contributed by atoms with van der Waals surface area (Å²) < 4.78 is 27.8. The standard InChI is InChI=1S/C27H17F2N3O/c28-20-10-8-18(9-11-20)25(33)24-23(19-5-3-6-21(29)14-19)27(15-30,16-31)26-22-7-2-1-4-17(22)12-13-32(24)26/h1-14,23-24,26H/t23-,24+,26-/m1/s1. The van der Waals surface area contributed by atoms with Crippen molar-refractivity contribution in [1.82, 2.24) is 4.90 Å². The van der Waals surface area contributed by atoms with E-state index in [1.165, 1.54) is 42.5 Å². The fourth-order valence-electron chi connectivity index (χ4n) is 5.15. The number of benzene rings is 3. The summed E-state index contributed by atoms with van der Waals surface area (Å²) in [5.41, 5.74) is 0.564. The van der Waals surface area contributed by atoms with E-state index in [0.29, 0.717) is 5.56 Å². The molecule has 0 spiro atoms. The van der Waals surface area contributed by atoms with Crippen molar-refractivity contribution in [3.63, 3.8) is 0 Å². The van der Waals surface area contributed by atoms with Crippen molar-refractivity contribution < 1.29 is 13.6 Å². The van der Waals surface area contributed by atoms with E-state index in [4.69, 9.17) is 0 Å². The van der Waals surface area contributed by atoms with Crippen molar-refractivity contribution in [1.29, 1.82) is 10.5 Å². The third kappa shape index (κ3) is 3.03. The number of hydrogen-bond acceptors (Lipinski definition) is 4. The van der Waals surface area contributed by atoms with E-state index in [1.54, 1.807) is 17.2 Å². The average molecular weight is 437 g/mol. The Balaban J connectivity index is 1.77. The van der Waals surface area contributed by atoms with E-state index < -0.39 is 35.1 Å². The molecule has 0 bridgehead atoms. The zero-order valence-corrected chi connectivity index (χ0v) is 17.3. The molecule has 1 saturated heterocycles. The Morgan fingerprint density at radius 3 is 2.33 bits per heavy atom. The van der Waals surface area contributed by atoms with E-state index in [9.17, 15) is 24.1 Å². The number of rotatable bonds is 3. The Labute approximate surface area is 189 Å². The molecule has 2 aliphatic rings. The normalized spacial score (nSPS) is 22.1. The number of hydrogen-bond donors (Lipinski definition) is 0. The number of fused-ring (bicyclic) bond motifs is 3. The highest BCUT2D eigenvalue weighted by molar-refractivity contribution is 6.01. The maximum absolute atomic E-state index is 14.3. The molecule has 33 heavy (non-hydrogen) atoms. The SMILES string of the molecule is N#CC1(C#N)[C@H](c2cccc(F)c2)[C@@H](C(=O)c2ccc(F)cc2)N2C=Cc3ccccc3[C@@H]21. The molecular weight excluding hydrogens is 420 g/mol. The zero-order chi connectivity index (χ0) is 23.2. The summed E-state index contributed by atoms with van der Waals surface area (Å²) >= 11 is 0. The monoisotopic (exact) mass is 437 g/mol. The van der Waals surface area contributed by atoms with E-state index in [2.05, 4.69) is 12.1 Å². The quantitative estimate of drug-likeness (QED) is 0.517. The van der Waals surface area contributed by atoms with Crippen LogP contribution in [0.4, 0.5) is 8.78 Å². The van der Waals surface area contributed by atoms with Crippen LogP contribution in [0.1, 0.15) is 39.0 Å². The summed E-state index contributed by atoms with van der Waals surface area (Å²) in [4.78, 5) is 15.5. The molecule has 0 aromatic heterocycles. The minimum atomic E-state index is -1.67. The van der Waals surface area contributed by atoms with Crippen LogP contribution in [0, 0.1) is 39.7 Å². The lowest BCUT2D eigenvalue weighted by Crippen LogP contribution is -2.37. The fraction of sp³-hybridized carbons (Fsp3) is 0.148. The van der Waals surface area contributed by atoms with Gasteiger partial charge in [0.2, 0.25) is 0 Å². The molecule has 2 aliphatic heterocycles. The highest BCUT2D eigenvalue weighted by Gasteiger charge is 2.63. The first-order valence-electron chi connectivity index (χ1n) is 10.4. The predicted molar refractivity (Wildman–Crippen MR) is 117 cm³/mol.